The number of hydrogen-bond donors (Lipinski definition) is 2. The van der Waals surface area contributed by atoms with Gasteiger partial charge in [0.2, 0.25) is 11.1 Å². The van der Waals surface area contributed by atoms with Gasteiger partial charge in [0.1, 0.15) is 6.07 Å². The molecule has 2 aromatic carbocycles. The van der Waals surface area contributed by atoms with Gasteiger partial charge < -0.3 is 5.32 Å². The van der Waals surface area contributed by atoms with E-state index >= 15 is 0 Å². The molecule has 0 unspecified atom stereocenters. The van der Waals surface area contributed by atoms with Crippen molar-refractivity contribution in [1.29, 1.82) is 5.26 Å². The molecule has 0 radical (unpaired) electrons. The predicted molar refractivity (Wildman–Crippen MR) is 102 cm³/mol. The van der Waals surface area contributed by atoms with Crippen LogP contribution < -0.4 is 5.32 Å². The molecule has 1 amide bonds. The highest BCUT2D eigenvalue weighted by atomic mass is 32.2. The van der Waals surface area contributed by atoms with Crippen molar-refractivity contribution in [2.75, 3.05) is 5.32 Å². The number of nitrogens with zero attached hydrogens (tertiary/aromatic N) is 3. The predicted octanol–water partition coefficient (Wildman–Crippen LogP) is 3.77. The number of rotatable bonds is 5. The van der Waals surface area contributed by atoms with Crippen molar-refractivity contribution >= 4 is 23.4 Å². The number of nitriles is 1. The third-order valence-corrected chi connectivity index (χ3v) is 4.71. The maximum absolute atomic E-state index is 12.4. The number of thioether (sulfide) groups is 1. The van der Waals surface area contributed by atoms with Crippen LogP contribution in [0.2, 0.25) is 0 Å². The van der Waals surface area contributed by atoms with Crippen molar-refractivity contribution in [1.82, 2.24) is 15.2 Å². The van der Waals surface area contributed by atoms with Crippen LogP contribution in [0, 0.1) is 18.3 Å². The Kier molecular flexibility index (Phi) is 5.34. The monoisotopic (exact) mass is 363 g/mol. The first-order valence-corrected chi connectivity index (χ1v) is 8.91. The normalized spacial score (nSPS) is 11.6. The van der Waals surface area contributed by atoms with E-state index in [1.54, 1.807) is 31.2 Å². The topological polar surface area (TPSA) is 94.5 Å². The fraction of sp³-hybridized carbons (Fsp3) is 0.158. The van der Waals surface area contributed by atoms with E-state index in [-0.39, 0.29) is 5.91 Å². The average molecular weight is 363 g/mol. The van der Waals surface area contributed by atoms with Gasteiger partial charge in [0, 0.05) is 5.56 Å². The minimum atomic E-state index is -0.414. The Morgan fingerprint density at radius 3 is 2.69 bits per heavy atom. The number of benzene rings is 2. The number of amides is 1. The second-order valence-electron chi connectivity index (χ2n) is 5.74. The molecular formula is C19H17N5OS. The molecule has 6 nitrogen and oxygen atoms in total. The highest BCUT2D eigenvalue weighted by Gasteiger charge is 2.18. The standard InChI is InChI=1S/C19H17N5OS/c1-12-7-9-14(10-8-12)17-22-19(24-23-17)26-13(2)18(25)21-16-6-4-3-5-15(16)11-20/h3-10,13H,1-2H3,(H,21,25)(H,22,23,24)/t13-/m0/s1. The second kappa shape index (κ2) is 7.85. The minimum absolute atomic E-state index is 0.209. The lowest BCUT2D eigenvalue weighted by Crippen LogP contribution is -2.23. The van der Waals surface area contributed by atoms with Gasteiger partial charge in [-0.2, -0.15) is 5.26 Å². The fourth-order valence-electron chi connectivity index (χ4n) is 2.28. The van der Waals surface area contributed by atoms with Gasteiger partial charge in [0.25, 0.3) is 0 Å². The van der Waals surface area contributed by atoms with E-state index in [9.17, 15) is 4.79 Å². The molecule has 0 aliphatic heterocycles. The van der Waals surface area contributed by atoms with E-state index in [4.69, 9.17) is 5.26 Å². The number of aromatic amines is 1. The van der Waals surface area contributed by atoms with Crippen molar-refractivity contribution < 1.29 is 4.79 Å². The number of para-hydroxylation sites is 1. The number of hydrogen-bond acceptors (Lipinski definition) is 5. The van der Waals surface area contributed by atoms with E-state index in [2.05, 4.69) is 26.6 Å². The van der Waals surface area contributed by atoms with E-state index in [1.165, 1.54) is 17.3 Å². The summed E-state index contributed by atoms with van der Waals surface area (Å²) in [6.45, 7) is 3.80. The largest absolute Gasteiger partial charge is 0.324 e. The summed E-state index contributed by atoms with van der Waals surface area (Å²) in [7, 11) is 0. The lowest BCUT2D eigenvalue weighted by molar-refractivity contribution is -0.115. The van der Waals surface area contributed by atoms with Gasteiger partial charge in [0.15, 0.2) is 5.82 Å². The van der Waals surface area contributed by atoms with Crippen molar-refractivity contribution in [3.8, 4) is 17.5 Å². The molecule has 130 valence electrons. The summed E-state index contributed by atoms with van der Waals surface area (Å²) >= 11 is 1.25. The Balaban J connectivity index is 1.66. The highest BCUT2D eigenvalue weighted by molar-refractivity contribution is 8.00. The molecular weight excluding hydrogens is 346 g/mol. The maximum atomic E-state index is 12.4. The number of H-pyrrole nitrogens is 1. The van der Waals surface area contributed by atoms with Crippen LogP contribution in [0.3, 0.4) is 0 Å². The zero-order valence-electron chi connectivity index (χ0n) is 14.4. The summed E-state index contributed by atoms with van der Waals surface area (Å²) in [5.41, 5.74) is 3.04. The van der Waals surface area contributed by atoms with Crippen LogP contribution in [0.1, 0.15) is 18.1 Å². The molecule has 0 spiro atoms. The van der Waals surface area contributed by atoms with Gasteiger partial charge in [-0.3, -0.25) is 9.89 Å². The van der Waals surface area contributed by atoms with Gasteiger partial charge in [-0.25, -0.2) is 4.98 Å². The SMILES string of the molecule is Cc1ccc(-c2nc(S[C@@H](C)C(=O)Nc3ccccc3C#N)n[nH]2)cc1. The van der Waals surface area contributed by atoms with Gasteiger partial charge in [-0.1, -0.05) is 53.7 Å². The highest BCUT2D eigenvalue weighted by Crippen LogP contribution is 2.24. The zero-order valence-corrected chi connectivity index (χ0v) is 15.2. The van der Waals surface area contributed by atoms with Crippen molar-refractivity contribution in [3.05, 3.63) is 59.7 Å². The number of anilines is 1. The van der Waals surface area contributed by atoms with E-state index < -0.39 is 5.25 Å². The Bertz CT molecular complexity index is 959. The fourth-order valence-corrected chi connectivity index (χ4v) is 3.00. The van der Waals surface area contributed by atoms with Crippen LogP contribution in [0.5, 0.6) is 0 Å². The number of carbonyl (C=O) groups excluding carboxylic acids is 1. The molecule has 26 heavy (non-hydrogen) atoms. The molecule has 3 rings (SSSR count). The Hall–Kier alpha value is -3.11. The summed E-state index contributed by atoms with van der Waals surface area (Å²) in [5.74, 6) is 0.453. The molecule has 0 saturated heterocycles. The Morgan fingerprint density at radius 2 is 1.96 bits per heavy atom. The molecule has 1 heterocycles. The van der Waals surface area contributed by atoms with E-state index in [1.807, 2.05) is 31.2 Å². The molecule has 1 atom stereocenters. The smallest absolute Gasteiger partial charge is 0.237 e. The van der Waals surface area contributed by atoms with Gasteiger partial charge >= 0.3 is 0 Å². The number of aryl methyl sites for hydroxylation is 1. The van der Waals surface area contributed by atoms with Crippen molar-refractivity contribution in [3.63, 3.8) is 0 Å². The molecule has 7 heteroatoms. The minimum Gasteiger partial charge on any atom is -0.324 e. The molecule has 1 aromatic heterocycles. The van der Waals surface area contributed by atoms with Crippen molar-refractivity contribution in [2.24, 2.45) is 0 Å². The maximum Gasteiger partial charge on any atom is 0.237 e. The van der Waals surface area contributed by atoms with Crippen LogP contribution in [-0.4, -0.2) is 26.3 Å². The van der Waals surface area contributed by atoms with Gasteiger partial charge in [0.05, 0.1) is 16.5 Å². The van der Waals surface area contributed by atoms with Gasteiger partial charge in [-0.05, 0) is 26.0 Å². The third kappa shape index (κ3) is 4.10. The first-order chi connectivity index (χ1) is 12.6. The van der Waals surface area contributed by atoms with Gasteiger partial charge in [-0.15, -0.1) is 5.10 Å². The number of aromatic nitrogens is 3. The number of carbonyl (C=O) groups is 1. The van der Waals surface area contributed by atoms with Crippen LogP contribution in [-0.2, 0) is 4.79 Å². The molecule has 2 N–H and O–H groups in total. The molecule has 0 bridgehead atoms. The first kappa shape index (κ1) is 17.7. The van der Waals surface area contributed by atoms with Crippen molar-refractivity contribution in [2.45, 2.75) is 24.3 Å². The molecule has 0 saturated carbocycles. The lowest BCUT2D eigenvalue weighted by atomic mass is 10.1. The van der Waals surface area contributed by atoms with Crippen LogP contribution >= 0.6 is 11.8 Å². The van der Waals surface area contributed by atoms with E-state index in [0.717, 1.165) is 5.56 Å². The van der Waals surface area contributed by atoms with Crippen LogP contribution in [0.25, 0.3) is 11.4 Å². The molecule has 3 aromatic rings. The zero-order chi connectivity index (χ0) is 18.5. The Morgan fingerprint density at radius 1 is 1.23 bits per heavy atom. The van der Waals surface area contributed by atoms with E-state index in [0.29, 0.717) is 22.2 Å². The molecule has 0 aliphatic carbocycles. The summed E-state index contributed by atoms with van der Waals surface area (Å²) in [6, 6.07) is 16.9. The second-order valence-corrected chi connectivity index (χ2v) is 7.05. The van der Waals surface area contributed by atoms with Crippen LogP contribution in [0.15, 0.2) is 53.7 Å². The van der Waals surface area contributed by atoms with Crippen LogP contribution in [0.4, 0.5) is 5.69 Å². The molecule has 0 aliphatic rings. The lowest BCUT2D eigenvalue weighted by Gasteiger charge is -2.11. The number of nitrogens with one attached hydrogen (secondary N) is 2. The first-order valence-electron chi connectivity index (χ1n) is 8.03. The summed E-state index contributed by atoms with van der Waals surface area (Å²) in [6.07, 6.45) is 0. The Labute approximate surface area is 155 Å². The average Bonchev–Trinajstić information content (AvgIpc) is 3.11. The summed E-state index contributed by atoms with van der Waals surface area (Å²) in [4.78, 5) is 16.8. The molecule has 0 fully saturated rings. The third-order valence-electron chi connectivity index (χ3n) is 3.75. The summed E-state index contributed by atoms with van der Waals surface area (Å²) in [5, 5.41) is 19.0. The summed E-state index contributed by atoms with van der Waals surface area (Å²) < 4.78 is 0. The quantitative estimate of drug-likeness (QED) is 0.673.